The van der Waals surface area contributed by atoms with Gasteiger partial charge in [0.25, 0.3) is 0 Å². The first-order chi connectivity index (χ1) is 8.20. The van der Waals surface area contributed by atoms with Gasteiger partial charge >= 0.3 is 5.97 Å². The third kappa shape index (κ3) is 2.56. The molecular weight excluding hydrogens is 216 g/mol. The fourth-order valence-corrected chi connectivity index (χ4v) is 2.08. The molecule has 0 radical (unpaired) electrons. The topological polar surface area (TPSA) is 64.3 Å². The molecule has 0 aliphatic carbocycles. The molecule has 0 atom stereocenters. The van der Waals surface area contributed by atoms with Crippen molar-refractivity contribution in [3.8, 4) is 6.07 Å². The highest BCUT2D eigenvalue weighted by Gasteiger charge is 2.18. The lowest BCUT2D eigenvalue weighted by atomic mass is 9.98. The van der Waals surface area contributed by atoms with Crippen molar-refractivity contribution in [2.45, 2.75) is 12.8 Å². The van der Waals surface area contributed by atoms with Crippen LogP contribution in [0.25, 0.3) is 0 Å². The second-order valence-electron chi connectivity index (χ2n) is 4.24. The summed E-state index contributed by atoms with van der Waals surface area (Å²) in [7, 11) is 0. The van der Waals surface area contributed by atoms with Crippen molar-refractivity contribution < 1.29 is 9.90 Å². The van der Waals surface area contributed by atoms with E-state index < -0.39 is 5.97 Å². The Balaban J connectivity index is 2.04. The molecule has 0 unspecified atom stereocenters. The van der Waals surface area contributed by atoms with E-state index >= 15 is 0 Å². The summed E-state index contributed by atoms with van der Waals surface area (Å²) in [5.74, 6) is -0.732. The van der Waals surface area contributed by atoms with Crippen LogP contribution in [0.2, 0.25) is 0 Å². The highest BCUT2D eigenvalue weighted by molar-refractivity contribution is 5.88. The molecule has 0 saturated carbocycles. The van der Waals surface area contributed by atoms with Gasteiger partial charge in [-0.05, 0) is 37.1 Å². The number of hydrogen-bond donors (Lipinski definition) is 1. The van der Waals surface area contributed by atoms with Gasteiger partial charge < -0.3 is 10.0 Å². The molecule has 17 heavy (non-hydrogen) atoms. The van der Waals surface area contributed by atoms with Crippen LogP contribution in [0.3, 0.4) is 0 Å². The van der Waals surface area contributed by atoms with Crippen molar-refractivity contribution in [2.24, 2.45) is 5.92 Å². The minimum absolute atomic E-state index is 0.171. The molecule has 1 aromatic rings. The average Bonchev–Trinajstić information content (AvgIpc) is 2.39. The number of benzene rings is 1. The van der Waals surface area contributed by atoms with Gasteiger partial charge in [0.2, 0.25) is 0 Å². The molecule has 1 aliphatic heterocycles. The van der Waals surface area contributed by atoms with Gasteiger partial charge in [-0.1, -0.05) is 0 Å². The Morgan fingerprint density at radius 1 is 1.29 bits per heavy atom. The van der Waals surface area contributed by atoms with Crippen LogP contribution in [-0.4, -0.2) is 24.2 Å². The van der Waals surface area contributed by atoms with E-state index in [1.54, 1.807) is 12.1 Å². The van der Waals surface area contributed by atoms with Gasteiger partial charge in [-0.2, -0.15) is 5.26 Å². The largest absolute Gasteiger partial charge is 0.478 e. The highest BCUT2D eigenvalue weighted by atomic mass is 16.4. The summed E-state index contributed by atoms with van der Waals surface area (Å²) in [6.07, 6.45) is 1.77. The van der Waals surface area contributed by atoms with Crippen LogP contribution in [0.15, 0.2) is 24.3 Å². The quantitative estimate of drug-likeness (QED) is 0.845. The number of anilines is 1. The van der Waals surface area contributed by atoms with Gasteiger partial charge in [-0.25, -0.2) is 4.79 Å². The second kappa shape index (κ2) is 4.88. The minimum Gasteiger partial charge on any atom is -0.478 e. The zero-order chi connectivity index (χ0) is 12.3. The molecule has 0 spiro atoms. The van der Waals surface area contributed by atoms with E-state index in [4.69, 9.17) is 10.4 Å². The number of aromatic carboxylic acids is 1. The number of rotatable bonds is 2. The molecule has 1 fully saturated rings. The van der Waals surface area contributed by atoms with Crippen molar-refractivity contribution >= 4 is 11.7 Å². The number of piperidine rings is 1. The molecule has 4 heteroatoms. The van der Waals surface area contributed by atoms with Crippen LogP contribution in [0.1, 0.15) is 23.2 Å². The summed E-state index contributed by atoms with van der Waals surface area (Å²) in [6.45, 7) is 1.73. The van der Waals surface area contributed by atoms with Crippen LogP contribution in [0, 0.1) is 17.2 Å². The number of carboxylic acid groups (broad SMARTS) is 1. The maximum absolute atomic E-state index is 10.7. The summed E-state index contributed by atoms with van der Waals surface area (Å²) in [5.41, 5.74) is 1.34. The summed E-state index contributed by atoms with van der Waals surface area (Å²) >= 11 is 0. The molecule has 0 bridgehead atoms. The third-order valence-corrected chi connectivity index (χ3v) is 3.16. The minimum atomic E-state index is -0.903. The molecule has 1 heterocycles. The second-order valence-corrected chi connectivity index (χ2v) is 4.24. The maximum Gasteiger partial charge on any atom is 0.335 e. The monoisotopic (exact) mass is 230 g/mol. The molecule has 1 N–H and O–H groups in total. The van der Waals surface area contributed by atoms with Crippen LogP contribution in [0.4, 0.5) is 5.69 Å². The molecule has 1 aromatic carbocycles. The van der Waals surface area contributed by atoms with E-state index in [0.29, 0.717) is 5.56 Å². The van der Waals surface area contributed by atoms with E-state index in [9.17, 15) is 4.79 Å². The fraction of sp³-hybridized carbons (Fsp3) is 0.385. The fourth-order valence-electron chi connectivity index (χ4n) is 2.08. The van der Waals surface area contributed by atoms with Gasteiger partial charge in [-0.15, -0.1) is 0 Å². The Morgan fingerprint density at radius 3 is 2.35 bits per heavy atom. The lowest BCUT2D eigenvalue weighted by Gasteiger charge is -2.31. The highest BCUT2D eigenvalue weighted by Crippen LogP contribution is 2.23. The SMILES string of the molecule is N#CC1CCN(c2ccc(C(=O)O)cc2)CC1. The predicted octanol–water partition coefficient (Wildman–Crippen LogP) is 2.12. The standard InChI is InChI=1S/C13H14N2O2/c14-9-10-5-7-15(8-6-10)12-3-1-11(2-4-12)13(16)17/h1-4,10H,5-8H2,(H,16,17). The third-order valence-electron chi connectivity index (χ3n) is 3.16. The number of carboxylic acids is 1. The summed E-state index contributed by atoms with van der Waals surface area (Å²) < 4.78 is 0. The van der Waals surface area contributed by atoms with Crippen LogP contribution < -0.4 is 4.90 Å². The molecule has 0 amide bonds. The van der Waals surface area contributed by atoms with Crippen molar-refractivity contribution in [1.29, 1.82) is 5.26 Å². The van der Waals surface area contributed by atoms with Gasteiger partial charge in [0.1, 0.15) is 0 Å². The van der Waals surface area contributed by atoms with Crippen molar-refractivity contribution in [1.82, 2.24) is 0 Å². The summed E-state index contributed by atoms with van der Waals surface area (Å²) in [5, 5.41) is 17.6. The van der Waals surface area contributed by atoms with Gasteiger partial charge in [-0.3, -0.25) is 0 Å². The maximum atomic E-state index is 10.7. The Labute approximate surface area is 100 Å². The number of nitriles is 1. The number of carbonyl (C=O) groups is 1. The molecule has 0 aromatic heterocycles. The number of hydrogen-bond acceptors (Lipinski definition) is 3. The van der Waals surface area contributed by atoms with Crippen molar-refractivity contribution in [3.05, 3.63) is 29.8 Å². The molecule has 88 valence electrons. The van der Waals surface area contributed by atoms with E-state index in [-0.39, 0.29) is 5.92 Å². The summed E-state index contributed by atoms with van der Waals surface area (Å²) in [6, 6.07) is 9.19. The molecule has 4 nitrogen and oxygen atoms in total. The zero-order valence-corrected chi connectivity index (χ0v) is 9.47. The average molecular weight is 230 g/mol. The van der Waals surface area contributed by atoms with Crippen LogP contribution in [-0.2, 0) is 0 Å². The van der Waals surface area contributed by atoms with Gasteiger partial charge in [0.15, 0.2) is 0 Å². The predicted molar refractivity (Wildman–Crippen MR) is 64.0 cm³/mol. The van der Waals surface area contributed by atoms with Crippen LogP contribution >= 0.6 is 0 Å². The molecule has 1 saturated heterocycles. The van der Waals surface area contributed by atoms with E-state index in [2.05, 4.69) is 11.0 Å². The zero-order valence-electron chi connectivity index (χ0n) is 9.47. The smallest absolute Gasteiger partial charge is 0.335 e. The molecular formula is C13H14N2O2. The Morgan fingerprint density at radius 2 is 1.88 bits per heavy atom. The molecule has 2 rings (SSSR count). The lowest BCUT2D eigenvalue weighted by molar-refractivity contribution is 0.0697. The van der Waals surface area contributed by atoms with Gasteiger partial charge in [0.05, 0.1) is 11.6 Å². The Kier molecular flexibility index (Phi) is 3.29. The molecule has 1 aliphatic rings. The van der Waals surface area contributed by atoms with E-state index in [1.807, 2.05) is 12.1 Å². The lowest BCUT2D eigenvalue weighted by Crippen LogP contribution is -2.33. The number of nitrogens with zero attached hydrogens (tertiary/aromatic N) is 2. The Bertz CT molecular complexity index is 439. The van der Waals surface area contributed by atoms with E-state index in [0.717, 1.165) is 31.6 Å². The first kappa shape index (κ1) is 11.5. The van der Waals surface area contributed by atoms with Crippen molar-refractivity contribution in [3.63, 3.8) is 0 Å². The Hall–Kier alpha value is -2.02. The van der Waals surface area contributed by atoms with Crippen molar-refractivity contribution in [2.75, 3.05) is 18.0 Å². The van der Waals surface area contributed by atoms with E-state index in [1.165, 1.54) is 0 Å². The summed E-state index contributed by atoms with van der Waals surface area (Å²) in [4.78, 5) is 12.9. The van der Waals surface area contributed by atoms with Crippen LogP contribution in [0.5, 0.6) is 0 Å². The first-order valence-electron chi connectivity index (χ1n) is 5.68. The van der Waals surface area contributed by atoms with Gasteiger partial charge in [0, 0.05) is 24.7 Å². The first-order valence-corrected chi connectivity index (χ1v) is 5.68. The normalized spacial score (nSPS) is 16.5.